The van der Waals surface area contributed by atoms with Gasteiger partial charge in [0.15, 0.2) is 0 Å². The van der Waals surface area contributed by atoms with E-state index in [0.29, 0.717) is 19.2 Å². The second-order valence-corrected chi connectivity index (χ2v) is 6.14. The van der Waals surface area contributed by atoms with Crippen molar-refractivity contribution in [1.29, 1.82) is 0 Å². The number of hydrogen-bond donors (Lipinski definition) is 2. The van der Waals surface area contributed by atoms with Gasteiger partial charge < -0.3 is 15.2 Å². The Morgan fingerprint density at radius 1 is 0.917 bits per heavy atom. The number of benzene rings is 3. The maximum atomic E-state index is 10.2. The van der Waals surface area contributed by atoms with Gasteiger partial charge in [0, 0.05) is 5.56 Å². The lowest BCUT2D eigenvalue weighted by atomic mass is 10.1. The number of nitrogens with two attached hydrogens (primary N) is 1. The minimum absolute atomic E-state index is 0.302. The fourth-order valence-electron chi connectivity index (χ4n) is 2.77. The van der Waals surface area contributed by atoms with Crippen LogP contribution in [0.2, 0.25) is 0 Å². The van der Waals surface area contributed by atoms with E-state index in [9.17, 15) is 5.11 Å². The summed E-state index contributed by atoms with van der Waals surface area (Å²) in [7, 11) is 0. The van der Waals surface area contributed by atoms with Crippen molar-refractivity contribution < 1.29 is 15.2 Å². The van der Waals surface area contributed by atoms with Gasteiger partial charge in [-0.05, 0) is 29.8 Å². The number of aliphatic hydroxyl groups excluding tert-OH is 1. The van der Waals surface area contributed by atoms with Crippen LogP contribution in [0.4, 0.5) is 0 Å². The molecule has 0 radical (unpaired) electrons. The third-order valence-corrected chi connectivity index (χ3v) is 4.25. The SMILES string of the molecule is C[C@H]([NH2+]C[C@H](O)COc1ccc2ccccc2c1)c1ccccc1. The molecule has 0 amide bonds. The van der Waals surface area contributed by atoms with Crippen molar-refractivity contribution in [2.75, 3.05) is 13.2 Å². The highest BCUT2D eigenvalue weighted by Crippen LogP contribution is 2.20. The summed E-state index contributed by atoms with van der Waals surface area (Å²) >= 11 is 0. The van der Waals surface area contributed by atoms with E-state index in [4.69, 9.17) is 4.74 Å². The van der Waals surface area contributed by atoms with Crippen LogP contribution in [0.1, 0.15) is 18.5 Å². The van der Waals surface area contributed by atoms with Crippen LogP contribution in [0.15, 0.2) is 72.8 Å². The average molecular weight is 322 g/mol. The van der Waals surface area contributed by atoms with E-state index in [1.54, 1.807) is 0 Å². The standard InChI is InChI=1S/C21H23NO2/c1-16(17-7-3-2-4-8-17)22-14-20(23)15-24-21-12-11-18-9-5-6-10-19(18)13-21/h2-13,16,20,22-23H,14-15H2,1H3/p+1/t16-,20-/m0/s1. The number of hydrogen-bond acceptors (Lipinski definition) is 2. The first kappa shape index (κ1) is 16.5. The van der Waals surface area contributed by atoms with Crippen molar-refractivity contribution >= 4 is 10.8 Å². The summed E-state index contributed by atoms with van der Waals surface area (Å²) in [6.45, 7) is 3.06. The zero-order valence-electron chi connectivity index (χ0n) is 13.9. The summed E-state index contributed by atoms with van der Waals surface area (Å²) < 4.78 is 5.74. The molecule has 0 fully saturated rings. The molecule has 0 saturated carbocycles. The third kappa shape index (κ3) is 4.34. The van der Waals surface area contributed by atoms with E-state index in [1.807, 2.05) is 48.5 Å². The topological polar surface area (TPSA) is 46.1 Å². The molecule has 0 bridgehead atoms. The Hall–Kier alpha value is -2.36. The first-order valence-electron chi connectivity index (χ1n) is 8.40. The van der Waals surface area contributed by atoms with Crippen LogP contribution < -0.4 is 10.1 Å². The van der Waals surface area contributed by atoms with E-state index in [1.165, 1.54) is 10.9 Å². The Morgan fingerprint density at radius 3 is 2.42 bits per heavy atom. The second-order valence-electron chi connectivity index (χ2n) is 6.14. The molecule has 2 atom stereocenters. The zero-order chi connectivity index (χ0) is 16.8. The predicted molar refractivity (Wildman–Crippen MR) is 97.1 cm³/mol. The molecule has 3 nitrogen and oxygen atoms in total. The number of quaternary nitrogens is 1. The van der Waals surface area contributed by atoms with Crippen molar-refractivity contribution in [3.63, 3.8) is 0 Å². The summed E-state index contributed by atoms with van der Waals surface area (Å²) in [5, 5.41) is 14.6. The normalized spacial score (nSPS) is 13.6. The van der Waals surface area contributed by atoms with Gasteiger partial charge in [0.25, 0.3) is 0 Å². The van der Waals surface area contributed by atoms with Gasteiger partial charge in [-0.25, -0.2) is 0 Å². The highest BCUT2D eigenvalue weighted by atomic mass is 16.5. The summed E-state index contributed by atoms with van der Waals surface area (Å²) in [5.74, 6) is 0.795. The Morgan fingerprint density at radius 2 is 1.62 bits per heavy atom. The molecular formula is C21H24NO2+. The average Bonchev–Trinajstić information content (AvgIpc) is 2.65. The first-order valence-corrected chi connectivity index (χ1v) is 8.40. The quantitative estimate of drug-likeness (QED) is 0.702. The molecule has 0 aliphatic carbocycles. The Balaban J connectivity index is 1.48. The Labute approximate surface area is 142 Å². The lowest BCUT2D eigenvalue weighted by molar-refractivity contribution is -0.698. The number of rotatable bonds is 7. The van der Waals surface area contributed by atoms with E-state index in [0.717, 1.165) is 11.1 Å². The minimum atomic E-state index is -0.498. The lowest BCUT2D eigenvalue weighted by Gasteiger charge is -2.15. The van der Waals surface area contributed by atoms with Gasteiger partial charge in [0.2, 0.25) is 0 Å². The monoisotopic (exact) mass is 322 g/mol. The molecule has 124 valence electrons. The van der Waals surface area contributed by atoms with Gasteiger partial charge in [-0.2, -0.15) is 0 Å². The molecular weight excluding hydrogens is 298 g/mol. The molecule has 0 unspecified atom stereocenters. The van der Waals surface area contributed by atoms with Crippen LogP contribution in [0.3, 0.4) is 0 Å². The Bertz CT molecular complexity index is 773. The number of ether oxygens (including phenoxy) is 1. The van der Waals surface area contributed by atoms with Gasteiger partial charge >= 0.3 is 0 Å². The molecule has 3 heteroatoms. The molecule has 3 rings (SSSR count). The zero-order valence-corrected chi connectivity index (χ0v) is 13.9. The van der Waals surface area contributed by atoms with E-state index >= 15 is 0 Å². The van der Waals surface area contributed by atoms with Crippen LogP contribution in [0, 0.1) is 0 Å². The van der Waals surface area contributed by atoms with E-state index in [-0.39, 0.29) is 0 Å². The van der Waals surface area contributed by atoms with Crippen molar-refractivity contribution in [3.05, 3.63) is 78.4 Å². The molecule has 0 aromatic heterocycles. The van der Waals surface area contributed by atoms with E-state index < -0.39 is 6.10 Å². The molecule has 24 heavy (non-hydrogen) atoms. The fraction of sp³-hybridized carbons (Fsp3) is 0.238. The molecule has 3 N–H and O–H groups in total. The maximum Gasteiger partial charge on any atom is 0.137 e. The van der Waals surface area contributed by atoms with Crippen molar-refractivity contribution in [1.82, 2.24) is 0 Å². The summed E-state index contributed by atoms with van der Waals surface area (Å²) in [6, 6.07) is 24.8. The van der Waals surface area contributed by atoms with Crippen LogP contribution in [0.25, 0.3) is 10.8 Å². The van der Waals surface area contributed by atoms with E-state index in [2.05, 4.69) is 36.5 Å². The van der Waals surface area contributed by atoms with Gasteiger partial charge in [0.05, 0.1) is 0 Å². The largest absolute Gasteiger partial charge is 0.491 e. The molecule has 0 spiro atoms. The van der Waals surface area contributed by atoms with Crippen LogP contribution in [0.5, 0.6) is 5.75 Å². The predicted octanol–water partition coefficient (Wildman–Crippen LogP) is 2.90. The molecule has 0 aliphatic heterocycles. The van der Waals surface area contributed by atoms with Crippen LogP contribution >= 0.6 is 0 Å². The molecule has 0 heterocycles. The molecule has 0 aliphatic rings. The molecule has 3 aromatic carbocycles. The van der Waals surface area contributed by atoms with Gasteiger partial charge in [0.1, 0.15) is 31.0 Å². The summed E-state index contributed by atoms with van der Waals surface area (Å²) in [4.78, 5) is 0. The Kier molecular flexibility index (Phi) is 5.47. The van der Waals surface area contributed by atoms with Crippen molar-refractivity contribution in [3.8, 4) is 5.75 Å². The van der Waals surface area contributed by atoms with Crippen molar-refractivity contribution in [2.45, 2.75) is 19.1 Å². The van der Waals surface area contributed by atoms with Crippen LogP contribution in [-0.4, -0.2) is 24.4 Å². The molecule has 3 aromatic rings. The summed E-state index contributed by atoms with van der Waals surface area (Å²) in [6.07, 6.45) is -0.498. The number of fused-ring (bicyclic) bond motifs is 1. The van der Waals surface area contributed by atoms with Gasteiger partial charge in [-0.15, -0.1) is 0 Å². The minimum Gasteiger partial charge on any atom is -0.491 e. The fourth-order valence-corrected chi connectivity index (χ4v) is 2.77. The maximum absolute atomic E-state index is 10.2. The first-order chi connectivity index (χ1) is 11.7. The van der Waals surface area contributed by atoms with Gasteiger partial charge in [-0.3, -0.25) is 0 Å². The number of aliphatic hydroxyl groups is 1. The second kappa shape index (κ2) is 7.95. The van der Waals surface area contributed by atoms with Gasteiger partial charge in [-0.1, -0.05) is 60.7 Å². The smallest absolute Gasteiger partial charge is 0.137 e. The lowest BCUT2D eigenvalue weighted by Crippen LogP contribution is -2.87. The molecule has 0 saturated heterocycles. The summed E-state index contributed by atoms with van der Waals surface area (Å²) in [5.41, 5.74) is 1.26. The highest BCUT2D eigenvalue weighted by Gasteiger charge is 2.12. The highest BCUT2D eigenvalue weighted by molar-refractivity contribution is 5.83. The third-order valence-electron chi connectivity index (χ3n) is 4.25. The van der Waals surface area contributed by atoms with Crippen LogP contribution in [-0.2, 0) is 0 Å². The van der Waals surface area contributed by atoms with Crippen molar-refractivity contribution in [2.24, 2.45) is 0 Å².